The van der Waals surface area contributed by atoms with Crippen LogP contribution in [-0.4, -0.2) is 12.9 Å². The van der Waals surface area contributed by atoms with E-state index in [0.717, 1.165) is 19.3 Å². The summed E-state index contributed by atoms with van der Waals surface area (Å²) in [6.07, 6.45) is 3.74. The standard InChI is InChI=1S/C12H18O3/c1-3-4-5-6-11(13)12-8-7-10(15-12)9-14-2/h7-8H,3-6,9H2,1-2H3. The van der Waals surface area contributed by atoms with E-state index in [1.165, 1.54) is 0 Å². The van der Waals surface area contributed by atoms with E-state index in [0.29, 0.717) is 24.5 Å². The topological polar surface area (TPSA) is 39.4 Å². The normalized spacial score (nSPS) is 10.5. The quantitative estimate of drug-likeness (QED) is 0.512. The van der Waals surface area contributed by atoms with Crippen LogP contribution in [0.2, 0.25) is 0 Å². The summed E-state index contributed by atoms with van der Waals surface area (Å²) in [5, 5.41) is 0. The Bertz CT molecular complexity index is 302. The van der Waals surface area contributed by atoms with Gasteiger partial charge in [0.1, 0.15) is 12.4 Å². The number of unbranched alkanes of at least 4 members (excludes halogenated alkanes) is 2. The lowest BCUT2D eigenvalue weighted by Crippen LogP contribution is -1.96. The number of furan rings is 1. The maximum Gasteiger partial charge on any atom is 0.197 e. The minimum absolute atomic E-state index is 0.0887. The minimum atomic E-state index is 0.0887. The number of rotatable bonds is 7. The Labute approximate surface area is 90.4 Å². The molecule has 0 aliphatic rings. The highest BCUT2D eigenvalue weighted by atomic mass is 16.5. The van der Waals surface area contributed by atoms with E-state index in [1.807, 2.05) is 0 Å². The van der Waals surface area contributed by atoms with Gasteiger partial charge in [0, 0.05) is 13.5 Å². The number of methoxy groups -OCH3 is 1. The van der Waals surface area contributed by atoms with Gasteiger partial charge < -0.3 is 9.15 Å². The second-order valence-corrected chi connectivity index (χ2v) is 3.58. The third-order valence-electron chi connectivity index (χ3n) is 2.23. The van der Waals surface area contributed by atoms with Gasteiger partial charge in [-0.05, 0) is 18.6 Å². The Morgan fingerprint density at radius 3 is 2.87 bits per heavy atom. The van der Waals surface area contributed by atoms with Gasteiger partial charge in [0.15, 0.2) is 11.5 Å². The number of Topliss-reactive ketones (excluding diaryl/α,β-unsaturated/α-hetero) is 1. The first-order chi connectivity index (χ1) is 7.27. The SMILES string of the molecule is CCCCCC(=O)c1ccc(COC)o1. The van der Waals surface area contributed by atoms with E-state index in [9.17, 15) is 4.79 Å². The molecule has 0 saturated heterocycles. The Kier molecular flexibility index (Phi) is 5.12. The average Bonchev–Trinajstić information content (AvgIpc) is 2.67. The molecule has 1 aromatic heterocycles. The number of carbonyl (C=O) groups excluding carboxylic acids is 1. The summed E-state index contributed by atoms with van der Waals surface area (Å²) in [5.74, 6) is 1.25. The van der Waals surface area contributed by atoms with Gasteiger partial charge in [-0.1, -0.05) is 19.8 Å². The second-order valence-electron chi connectivity index (χ2n) is 3.58. The third kappa shape index (κ3) is 3.88. The summed E-state index contributed by atoms with van der Waals surface area (Å²) in [5.41, 5.74) is 0. The number of hydrogen-bond donors (Lipinski definition) is 0. The van der Waals surface area contributed by atoms with E-state index >= 15 is 0 Å². The molecule has 0 radical (unpaired) electrons. The van der Waals surface area contributed by atoms with Crippen LogP contribution in [0.25, 0.3) is 0 Å². The van der Waals surface area contributed by atoms with Crippen LogP contribution in [-0.2, 0) is 11.3 Å². The number of carbonyl (C=O) groups is 1. The van der Waals surface area contributed by atoms with Crippen LogP contribution in [0.3, 0.4) is 0 Å². The van der Waals surface area contributed by atoms with Crippen LogP contribution in [0.4, 0.5) is 0 Å². The van der Waals surface area contributed by atoms with Crippen molar-refractivity contribution in [3.8, 4) is 0 Å². The van der Waals surface area contributed by atoms with Gasteiger partial charge in [0.05, 0.1) is 0 Å². The Hall–Kier alpha value is -1.09. The van der Waals surface area contributed by atoms with Crippen LogP contribution in [0, 0.1) is 0 Å². The first-order valence-electron chi connectivity index (χ1n) is 5.38. The molecule has 0 fully saturated rings. The van der Waals surface area contributed by atoms with Crippen LogP contribution in [0.15, 0.2) is 16.5 Å². The van der Waals surface area contributed by atoms with E-state index < -0.39 is 0 Å². The monoisotopic (exact) mass is 210 g/mol. The molecule has 0 saturated carbocycles. The lowest BCUT2D eigenvalue weighted by molar-refractivity contribution is 0.0943. The molecule has 0 unspecified atom stereocenters. The number of hydrogen-bond acceptors (Lipinski definition) is 3. The molecule has 0 atom stereocenters. The highest BCUT2D eigenvalue weighted by Crippen LogP contribution is 2.12. The minimum Gasteiger partial charge on any atom is -0.456 e. The smallest absolute Gasteiger partial charge is 0.197 e. The molecule has 0 N–H and O–H groups in total. The van der Waals surface area contributed by atoms with Gasteiger partial charge in [0.25, 0.3) is 0 Å². The van der Waals surface area contributed by atoms with E-state index in [1.54, 1.807) is 19.2 Å². The molecule has 3 nitrogen and oxygen atoms in total. The molecular weight excluding hydrogens is 192 g/mol. The highest BCUT2D eigenvalue weighted by molar-refractivity contribution is 5.93. The molecule has 1 heterocycles. The maximum absolute atomic E-state index is 11.6. The molecule has 0 aliphatic heterocycles. The fourth-order valence-electron chi connectivity index (χ4n) is 1.41. The molecule has 1 aromatic rings. The van der Waals surface area contributed by atoms with Gasteiger partial charge in [0.2, 0.25) is 0 Å². The van der Waals surface area contributed by atoms with Crippen molar-refractivity contribution in [2.24, 2.45) is 0 Å². The number of ether oxygens (including phenoxy) is 1. The first-order valence-corrected chi connectivity index (χ1v) is 5.38. The Morgan fingerprint density at radius 2 is 2.20 bits per heavy atom. The largest absolute Gasteiger partial charge is 0.456 e. The van der Waals surface area contributed by atoms with Crippen molar-refractivity contribution < 1.29 is 13.9 Å². The first kappa shape index (κ1) is 12.0. The zero-order valence-corrected chi connectivity index (χ0v) is 9.41. The van der Waals surface area contributed by atoms with Gasteiger partial charge >= 0.3 is 0 Å². The van der Waals surface area contributed by atoms with Crippen molar-refractivity contribution in [1.82, 2.24) is 0 Å². The van der Waals surface area contributed by atoms with Gasteiger partial charge in [-0.3, -0.25) is 4.79 Å². The molecule has 0 aliphatic carbocycles. The summed E-state index contributed by atoms with van der Waals surface area (Å²) in [6, 6.07) is 3.51. The van der Waals surface area contributed by atoms with Crippen molar-refractivity contribution in [3.05, 3.63) is 23.7 Å². The predicted octanol–water partition coefficient (Wildman–Crippen LogP) is 3.19. The number of ketones is 1. The molecule has 0 aromatic carbocycles. The molecule has 0 amide bonds. The van der Waals surface area contributed by atoms with E-state index in [2.05, 4.69) is 6.92 Å². The van der Waals surface area contributed by atoms with E-state index in [-0.39, 0.29) is 5.78 Å². The lowest BCUT2D eigenvalue weighted by atomic mass is 10.1. The summed E-state index contributed by atoms with van der Waals surface area (Å²) in [4.78, 5) is 11.6. The molecule has 1 rings (SSSR count). The van der Waals surface area contributed by atoms with Crippen molar-refractivity contribution in [2.45, 2.75) is 39.2 Å². The van der Waals surface area contributed by atoms with Crippen LogP contribution in [0.5, 0.6) is 0 Å². The van der Waals surface area contributed by atoms with Gasteiger partial charge in [-0.25, -0.2) is 0 Å². The van der Waals surface area contributed by atoms with E-state index in [4.69, 9.17) is 9.15 Å². The molecule has 0 bridgehead atoms. The fourth-order valence-corrected chi connectivity index (χ4v) is 1.41. The second kappa shape index (κ2) is 6.40. The molecule has 84 valence electrons. The third-order valence-corrected chi connectivity index (χ3v) is 2.23. The van der Waals surface area contributed by atoms with Crippen LogP contribution >= 0.6 is 0 Å². The summed E-state index contributed by atoms with van der Waals surface area (Å²) in [6.45, 7) is 2.54. The average molecular weight is 210 g/mol. The zero-order valence-electron chi connectivity index (χ0n) is 9.41. The zero-order chi connectivity index (χ0) is 11.1. The highest BCUT2D eigenvalue weighted by Gasteiger charge is 2.10. The maximum atomic E-state index is 11.6. The molecular formula is C12H18O3. The summed E-state index contributed by atoms with van der Waals surface area (Å²) < 4.78 is 10.3. The Balaban J connectivity index is 2.43. The molecule has 3 heteroatoms. The summed E-state index contributed by atoms with van der Waals surface area (Å²) >= 11 is 0. The Morgan fingerprint density at radius 1 is 1.40 bits per heavy atom. The van der Waals surface area contributed by atoms with Crippen LogP contribution in [0.1, 0.15) is 48.9 Å². The molecule has 15 heavy (non-hydrogen) atoms. The molecule has 0 spiro atoms. The summed E-state index contributed by atoms with van der Waals surface area (Å²) in [7, 11) is 1.60. The van der Waals surface area contributed by atoms with Crippen molar-refractivity contribution in [1.29, 1.82) is 0 Å². The fraction of sp³-hybridized carbons (Fsp3) is 0.583. The van der Waals surface area contributed by atoms with Crippen LogP contribution < -0.4 is 0 Å². The van der Waals surface area contributed by atoms with Gasteiger partial charge in [-0.2, -0.15) is 0 Å². The van der Waals surface area contributed by atoms with Crippen molar-refractivity contribution in [3.63, 3.8) is 0 Å². The van der Waals surface area contributed by atoms with Crippen molar-refractivity contribution in [2.75, 3.05) is 7.11 Å². The predicted molar refractivity (Wildman–Crippen MR) is 57.9 cm³/mol. The van der Waals surface area contributed by atoms with Gasteiger partial charge in [-0.15, -0.1) is 0 Å². The lowest BCUT2D eigenvalue weighted by Gasteiger charge is -1.97. The van der Waals surface area contributed by atoms with Crippen molar-refractivity contribution >= 4 is 5.78 Å².